The van der Waals surface area contributed by atoms with Crippen molar-refractivity contribution >= 4 is 24.4 Å². The number of Topliss-reactive ketones (excluding diaryl/α,β-unsaturated/α-hetero) is 1. The first-order chi connectivity index (χ1) is 10.6. The Labute approximate surface area is 135 Å². The van der Waals surface area contributed by atoms with E-state index in [-0.39, 0.29) is 17.9 Å². The van der Waals surface area contributed by atoms with Crippen molar-refractivity contribution in [1.29, 1.82) is 0 Å². The van der Waals surface area contributed by atoms with E-state index in [1.54, 1.807) is 0 Å². The molecule has 126 valence electrons. The van der Waals surface area contributed by atoms with Gasteiger partial charge in [-0.1, -0.05) is 0 Å². The molecule has 1 aliphatic rings. The summed E-state index contributed by atoms with van der Waals surface area (Å²) in [4.78, 5) is 47.9. The number of ketones is 1. The van der Waals surface area contributed by atoms with Gasteiger partial charge in [-0.15, -0.1) is 12.6 Å². The lowest BCUT2D eigenvalue weighted by molar-refractivity contribution is -0.157. The largest absolute Gasteiger partial charge is 0.463 e. The standard InChI is InChI=1S/C13H16N2O7S/c1-6(16)13(20)3-10(22-9(13)5-21-7(2)17)15-4-8(23)11(18)14-12(15)19/h4,9-10,20,23H,3,5H2,1-2H3,(H,14,18,19)/t9-,10-,13-/m1/s1. The maximum atomic E-state index is 11.9. The number of carbonyl (C=O) groups excluding carboxylic acids is 2. The van der Waals surface area contributed by atoms with Crippen LogP contribution in [0.25, 0.3) is 0 Å². The van der Waals surface area contributed by atoms with Gasteiger partial charge in [-0.3, -0.25) is 23.9 Å². The molecule has 2 rings (SSSR count). The van der Waals surface area contributed by atoms with Crippen molar-refractivity contribution in [3.63, 3.8) is 0 Å². The summed E-state index contributed by atoms with van der Waals surface area (Å²) in [6.07, 6.45) is -1.22. The van der Waals surface area contributed by atoms with Crippen molar-refractivity contribution in [2.75, 3.05) is 6.61 Å². The highest BCUT2D eigenvalue weighted by atomic mass is 32.1. The molecule has 1 aliphatic heterocycles. The second-order valence-electron chi connectivity index (χ2n) is 5.25. The van der Waals surface area contributed by atoms with E-state index in [0.717, 1.165) is 10.8 Å². The van der Waals surface area contributed by atoms with Gasteiger partial charge in [0, 0.05) is 19.5 Å². The summed E-state index contributed by atoms with van der Waals surface area (Å²) >= 11 is 3.92. The highest BCUT2D eigenvalue weighted by Gasteiger charge is 2.52. The van der Waals surface area contributed by atoms with Crippen LogP contribution in [0.2, 0.25) is 0 Å². The lowest BCUT2D eigenvalue weighted by Crippen LogP contribution is -2.47. The number of rotatable bonds is 4. The van der Waals surface area contributed by atoms with Crippen LogP contribution in [-0.4, -0.2) is 44.7 Å². The van der Waals surface area contributed by atoms with Gasteiger partial charge in [-0.2, -0.15) is 0 Å². The third-order valence-electron chi connectivity index (χ3n) is 3.65. The van der Waals surface area contributed by atoms with Gasteiger partial charge in [-0.25, -0.2) is 4.79 Å². The maximum Gasteiger partial charge on any atom is 0.330 e. The molecule has 0 saturated carbocycles. The molecule has 23 heavy (non-hydrogen) atoms. The maximum absolute atomic E-state index is 11.9. The Morgan fingerprint density at radius 3 is 2.74 bits per heavy atom. The van der Waals surface area contributed by atoms with Crippen LogP contribution in [0.3, 0.4) is 0 Å². The van der Waals surface area contributed by atoms with Gasteiger partial charge in [0.05, 0.1) is 4.90 Å². The third kappa shape index (κ3) is 3.38. The molecule has 2 N–H and O–H groups in total. The molecule has 3 atom stereocenters. The first-order valence-electron chi connectivity index (χ1n) is 6.72. The zero-order valence-electron chi connectivity index (χ0n) is 12.4. The summed E-state index contributed by atoms with van der Waals surface area (Å²) in [6.45, 7) is 2.01. The fraction of sp³-hybridized carbons (Fsp3) is 0.538. The predicted octanol–water partition coefficient (Wildman–Crippen LogP) is -1.00. The molecular formula is C13H16N2O7S. The van der Waals surface area contributed by atoms with Crippen molar-refractivity contribution in [1.82, 2.24) is 9.55 Å². The van der Waals surface area contributed by atoms with E-state index in [1.807, 2.05) is 4.98 Å². The van der Waals surface area contributed by atoms with Crippen molar-refractivity contribution < 1.29 is 24.2 Å². The van der Waals surface area contributed by atoms with Gasteiger partial charge in [0.15, 0.2) is 11.4 Å². The molecule has 1 aromatic heterocycles. The Balaban J connectivity index is 2.35. The van der Waals surface area contributed by atoms with Crippen LogP contribution >= 0.6 is 12.6 Å². The first kappa shape index (κ1) is 17.4. The molecule has 1 saturated heterocycles. The van der Waals surface area contributed by atoms with Crippen LogP contribution in [0.4, 0.5) is 0 Å². The van der Waals surface area contributed by atoms with Gasteiger partial charge >= 0.3 is 11.7 Å². The highest BCUT2D eigenvalue weighted by Crippen LogP contribution is 2.37. The lowest BCUT2D eigenvalue weighted by Gasteiger charge is -2.24. The fourth-order valence-corrected chi connectivity index (χ4v) is 2.52. The number of hydrogen-bond donors (Lipinski definition) is 3. The molecule has 0 radical (unpaired) electrons. The van der Waals surface area contributed by atoms with Gasteiger partial charge < -0.3 is 14.6 Å². The first-order valence-corrected chi connectivity index (χ1v) is 7.16. The number of thiol groups is 1. The highest BCUT2D eigenvalue weighted by molar-refractivity contribution is 7.80. The number of nitrogens with zero attached hydrogens (tertiary/aromatic N) is 1. The van der Waals surface area contributed by atoms with Crippen molar-refractivity contribution in [2.24, 2.45) is 0 Å². The minimum atomic E-state index is -1.91. The molecule has 0 aromatic carbocycles. The number of carbonyl (C=O) groups is 2. The van der Waals surface area contributed by atoms with Crippen LogP contribution in [0, 0.1) is 0 Å². The second kappa shape index (κ2) is 6.30. The molecule has 0 unspecified atom stereocenters. The zero-order valence-corrected chi connectivity index (χ0v) is 13.3. The van der Waals surface area contributed by atoms with Crippen LogP contribution in [0.5, 0.6) is 0 Å². The summed E-state index contributed by atoms with van der Waals surface area (Å²) < 4.78 is 11.3. The smallest absolute Gasteiger partial charge is 0.330 e. The number of H-pyrrole nitrogens is 1. The van der Waals surface area contributed by atoms with E-state index in [1.165, 1.54) is 13.8 Å². The number of aromatic amines is 1. The molecule has 0 amide bonds. The quantitative estimate of drug-likeness (QED) is 0.472. The molecule has 2 heterocycles. The van der Waals surface area contributed by atoms with Crippen LogP contribution in [-0.2, 0) is 19.1 Å². The van der Waals surface area contributed by atoms with E-state index < -0.39 is 40.9 Å². The van der Waals surface area contributed by atoms with Gasteiger partial charge in [0.25, 0.3) is 5.56 Å². The average molecular weight is 344 g/mol. The van der Waals surface area contributed by atoms with Crippen molar-refractivity contribution in [3.05, 3.63) is 27.0 Å². The average Bonchev–Trinajstić information content (AvgIpc) is 2.79. The number of hydrogen-bond acceptors (Lipinski definition) is 8. The minimum absolute atomic E-state index is 0.0250. The molecule has 0 bridgehead atoms. The summed E-state index contributed by atoms with van der Waals surface area (Å²) in [5.74, 6) is -1.18. The number of esters is 1. The van der Waals surface area contributed by atoms with E-state index in [4.69, 9.17) is 9.47 Å². The molecule has 0 aliphatic carbocycles. The van der Waals surface area contributed by atoms with Crippen LogP contribution in [0.1, 0.15) is 26.5 Å². The Hall–Kier alpha value is -1.91. The molecule has 0 spiro atoms. The van der Waals surface area contributed by atoms with Crippen LogP contribution < -0.4 is 11.2 Å². The number of ether oxygens (including phenoxy) is 2. The molecular weight excluding hydrogens is 328 g/mol. The topological polar surface area (TPSA) is 128 Å². The Kier molecular flexibility index (Phi) is 4.78. The zero-order chi connectivity index (χ0) is 17.4. The second-order valence-corrected chi connectivity index (χ2v) is 5.73. The summed E-state index contributed by atoms with van der Waals surface area (Å²) in [7, 11) is 0. The van der Waals surface area contributed by atoms with E-state index in [2.05, 4.69) is 12.6 Å². The third-order valence-corrected chi connectivity index (χ3v) is 3.97. The lowest BCUT2D eigenvalue weighted by atomic mass is 9.91. The number of aliphatic hydroxyl groups is 1. The van der Waals surface area contributed by atoms with Crippen LogP contribution in [0.15, 0.2) is 20.7 Å². The van der Waals surface area contributed by atoms with Crippen molar-refractivity contribution in [3.8, 4) is 0 Å². The fourth-order valence-electron chi connectivity index (χ4n) is 2.34. The van der Waals surface area contributed by atoms with E-state index >= 15 is 0 Å². The molecule has 10 heteroatoms. The van der Waals surface area contributed by atoms with Crippen molar-refractivity contribution in [2.45, 2.75) is 43.1 Å². The SMILES string of the molecule is CC(=O)OC[C@H]1O[C@@H](n2cc(S)c(=O)[nH]c2=O)C[C@@]1(O)C(C)=O. The minimum Gasteiger partial charge on any atom is -0.463 e. The van der Waals surface area contributed by atoms with Gasteiger partial charge in [0.2, 0.25) is 0 Å². The van der Waals surface area contributed by atoms with Gasteiger partial charge in [0.1, 0.15) is 18.9 Å². The Bertz CT molecular complexity index is 755. The van der Waals surface area contributed by atoms with E-state index in [0.29, 0.717) is 0 Å². The monoisotopic (exact) mass is 344 g/mol. The Morgan fingerprint density at radius 2 is 2.17 bits per heavy atom. The summed E-state index contributed by atoms with van der Waals surface area (Å²) in [5.41, 5.74) is -3.34. The molecule has 1 fully saturated rings. The Morgan fingerprint density at radius 1 is 1.52 bits per heavy atom. The normalized spacial score (nSPS) is 27.0. The number of aromatic nitrogens is 2. The summed E-state index contributed by atoms with van der Waals surface area (Å²) in [6, 6.07) is 0. The summed E-state index contributed by atoms with van der Waals surface area (Å²) in [5, 5.41) is 10.5. The van der Waals surface area contributed by atoms with Gasteiger partial charge in [-0.05, 0) is 6.92 Å². The number of nitrogens with one attached hydrogen (secondary N) is 1. The molecule has 1 aromatic rings. The molecule has 9 nitrogen and oxygen atoms in total. The predicted molar refractivity (Wildman–Crippen MR) is 79.4 cm³/mol. The van der Waals surface area contributed by atoms with E-state index in [9.17, 15) is 24.3 Å².